The van der Waals surface area contributed by atoms with E-state index in [9.17, 15) is 9.59 Å². The van der Waals surface area contributed by atoms with Crippen LogP contribution in [0.4, 0.5) is 10.5 Å². The van der Waals surface area contributed by atoms with Gasteiger partial charge in [0.2, 0.25) is 5.91 Å². The minimum absolute atomic E-state index is 0.0102. The SMILES string of the molecule is CCC(=O)NCCOc1cccc(NC(=O)OC(C)(C)C)c1. The minimum Gasteiger partial charge on any atom is -0.492 e. The maximum atomic E-state index is 11.7. The van der Waals surface area contributed by atoms with Crippen molar-refractivity contribution in [3.8, 4) is 5.75 Å². The van der Waals surface area contributed by atoms with Crippen LogP contribution in [0.25, 0.3) is 0 Å². The lowest BCUT2D eigenvalue weighted by Crippen LogP contribution is -2.27. The van der Waals surface area contributed by atoms with Crippen molar-refractivity contribution in [2.75, 3.05) is 18.5 Å². The number of ether oxygens (including phenoxy) is 2. The van der Waals surface area contributed by atoms with Crippen LogP contribution in [0, 0.1) is 0 Å². The second-order valence-electron chi connectivity index (χ2n) is 5.71. The molecular weight excluding hydrogens is 284 g/mol. The fourth-order valence-corrected chi connectivity index (χ4v) is 1.57. The molecule has 0 heterocycles. The molecule has 2 N–H and O–H groups in total. The number of benzene rings is 1. The minimum atomic E-state index is -0.546. The maximum Gasteiger partial charge on any atom is 0.412 e. The average Bonchev–Trinajstić information content (AvgIpc) is 2.41. The molecule has 0 aliphatic heterocycles. The van der Waals surface area contributed by atoms with Crippen molar-refractivity contribution in [1.29, 1.82) is 0 Å². The van der Waals surface area contributed by atoms with Gasteiger partial charge in [-0.25, -0.2) is 4.79 Å². The number of rotatable bonds is 6. The second kappa shape index (κ2) is 8.26. The van der Waals surface area contributed by atoms with Crippen molar-refractivity contribution in [2.45, 2.75) is 39.7 Å². The van der Waals surface area contributed by atoms with Crippen molar-refractivity contribution in [2.24, 2.45) is 0 Å². The third-order valence-corrected chi connectivity index (χ3v) is 2.49. The molecule has 0 aromatic heterocycles. The van der Waals surface area contributed by atoms with Crippen LogP contribution in [0.5, 0.6) is 5.75 Å². The Morgan fingerprint density at radius 2 is 1.95 bits per heavy atom. The number of hydrogen-bond acceptors (Lipinski definition) is 4. The molecule has 6 nitrogen and oxygen atoms in total. The first-order chi connectivity index (χ1) is 10.3. The smallest absolute Gasteiger partial charge is 0.412 e. The van der Waals surface area contributed by atoms with Crippen LogP contribution >= 0.6 is 0 Å². The highest BCUT2D eigenvalue weighted by molar-refractivity contribution is 5.85. The Morgan fingerprint density at radius 3 is 2.59 bits per heavy atom. The quantitative estimate of drug-likeness (QED) is 0.792. The molecule has 0 atom stereocenters. The molecule has 0 spiro atoms. The molecule has 0 radical (unpaired) electrons. The lowest BCUT2D eigenvalue weighted by molar-refractivity contribution is -0.120. The fourth-order valence-electron chi connectivity index (χ4n) is 1.57. The average molecular weight is 308 g/mol. The predicted molar refractivity (Wildman–Crippen MR) is 85.1 cm³/mol. The van der Waals surface area contributed by atoms with E-state index in [1.807, 2.05) is 0 Å². The Hall–Kier alpha value is -2.24. The predicted octanol–water partition coefficient (Wildman–Crippen LogP) is 2.94. The summed E-state index contributed by atoms with van der Waals surface area (Å²) in [5.41, 5.74) is 0.0414. The Labute approximate surface area is 131 Å². The zero-order valence-electron chi connectivity index (χ0n) is 13.6. The van der Waals surface area contributed by atoms with E-state index >= 15 is 0 Å². The van der Waals surface area contributed by atoms with E-state index in [4.69, 9.17) is 9.47 Å². The summed E-state index contributed by atoms with van der Waals surface area (Å²) in [4.78, 5) is 22.8. The Balaban J connectivity index is 2.45. The van der Waals surface area contributed by atoms with Crippen molar-refractivity contribution < 1.29 is 19.1 Å². The van der Waals surface area contributed by atoms with Crippen molar-refractivity contribution in [3.05, 3.63) is 24.3 Å². The van der Waals surface area contributed by atoms with Gasteiger partial charge in [0.1, 0.15) is 18.0 Å². The van der Waals surface area contributed by atoms with E-state index in [0.717, 1.165) is 0 Å². The monoisotopic (exact) mass is 308 g/mol. The number of nitrogens with one attached hydrogen (secondary N) is 2. The van der Waals surface area contributed by atoms with Crippen LogP contribution in [0.15, 0.2) is 24.3 Å². The van der Waals surface area contributed by atoms with Gasteiger partial charge in [-0.05, 0) is 32.9 Å². The normalized spacial score (nSPS) is 10.7. The van der Waals surface area contributed by atoms with Crippen LogP contribution in [0.3, 0.4) is 0 Å². The van der Waals surface area contributed by atoms with E-state index in [1.54, 1.807) is 52.0 Å². The summed E-state index contributed by atoms with van der Waals surface area (Å²) < 4.78 is 10.7. The summed E-state index contributed by atoms with van der Waals surface area (Å²) in [6.07, 6.45) is -0.0604. The van der Waals surface area contributed by atoms with Gasteiger partial charge in [-0.1, -0.05) is 13.0 Å². The van der Waals surface area contributed by atoms with Gasteiger partial charge in [-0.15, -0.1) is 0 Å². The van der Waals surface area contributed by atoms with Gasteiger partial charge in [-0.2, -0.15) is 0 Å². The lowest BCUT2D eigenvalue weighted by Gasteiger charge is -2.19. The van der Waals surface area contributed by atoms with Gasteiger partial charge in [0.15, 0.2) is 0 Å². The van der Waals surface area contributed by atoms with Gasteiger partial charge in [-0.3, -0.25) is 10.1 Å². The molecule has 0 aliphatic rings. The third-order valence-electron chi connectivity index (χ3n) is 2.49. The Morgan fingerprint density at radius 1 is 1.23 bits per heavy atom. The second-order valence-corrected chi connectivity index (χ2v) is 5.71. The molecule has 6 heteroatoms. The molecule has 0 fully saturated rings. The molecule has 0 unspecified atom stereocenters. The number of amides is 2. The van der Waals surface area contributed by atoms with Gasteiger partial charge in [0, 0.05) is 18.2 Å². The van der Waals surface area contributed by atoms with E-state index < -0.39 is 11.7 Å². The van der Waals surface area contributed by atoms with Crippen molar-refractivity contribution >= 4 is 17.7 Å². The Bertz CT molecular complexity index is 509. The lowest BCUT2D eigenvalue weighted by atomic mass is 10.2. The molecular formula is C16H24N2O4. The van der Waals surface area contributed by atoms with Crippen LogP contribution in [0.1, 0.15) is 34.1 Å². The topological polar surface area (TPSA) is 76.7 Å². The van der Waals surface area contributed by atoms with Crippen molar-refractivity contribution in [1.82, 2.24) is 5.32 Å². The molecule has 1 aromatic rings. The Kier molecular flexibility index (Phi) is 6.69. The van der Waals surface area contributed by atoms with Gasteiger partial charge >= 0.3 is 6.09 Å². The van der Waals surface area contributed by atoms with Gasteiger partial charge in [0.05, 0.1) is 6.54 Å². The van der Waals surface area contributed by atoms with Crippen LogP contribution in [0.2, 0.25) is 0 Å². The summed E-state index contributed by atoms with van der Waals surface area (Å²) in [7, 11) is 0. The molecule has 0 aliphatic carbocycles. The molecule has 1 rings (SSSR count). The summed E-state index contributed by atoms with van der Waals surface area (Å²) in [5.74, 6) is 0.600. The third kappa shape index (κ3) is 7.52. The highest BCUT2D eigenvalue weighted by atomic mass is 16.6. The highest BCUT2D eigenvalue weighted by Crippen LogP contribution is 2.18. The van der Waals surface area contributed by atoms with Gasteiger partial charge in [0.25, 0.3) is 0 Å². The number of carbonyl (C=O) groups is 2. The molecule has 22 heavy (non-hydrogen) atoms. The molecule has 2 amide bonds. The largest absolute Gasteiger partial charge is 0.492 e. The number of hydrogen-bond donors (Lipinski definition) is 2. The molecule has 0 saturated heterocycles. The molecule has 0 bridgehead atoms. The van der Waals surface area contributed by atoms with E-state index in [0.29, 0.717) is 31.0 Å². The first-order valence-electron chi connectivity index (χ1n) is 7.29. The van der Waals surface area contributed by atoms with Gasteiger partial charge < -0.3 is 14.8 Å². The number of carbonyl (C=O) groups excluding carboxylic acids is 2. The zero-order valence-corrected chi connectivity index (χ0v) is 13.6. The number of anilines is 1. The summed E-state index contributed by atoms with van der Waals surface area (Å²) in [5, 5.41) is 5.37. The van der Waals surface area contributed by atoms with E-state index in [1.165, 1.54) is 0 Å². The van der Waals surface area contributed by atoms with Crippen LogP contribution < -0.4 is 15.4 Å². The first kappa shape index (κ1) is 17.8. The maximum absolute atomic E-state index is 11.7. The van der Waals surface area contributed by atoms with Crippen LogP contribution in [-0.4, -0.2) is 30.8 Å². The molecule has 0 saturated carbocycles. The standard InChI is InChI=1S/C16H24N2O4/c1-5-14(19)17-9-10-21-13-8-6-7-12(11-13)18-15(20)22-16(2,3)4/h6-8,11H,5,9-10H2,1-4H3,(H,17,19)(H,18,20). The van der Waals surface area contributed by atoms with Crippen molar-refractivity contribution in [3.63, 3.8) is 0 Å². The highest BCUT2D eigenvalue weighted by Gasteiger charge is 2.16. The zero-order chi connectivity index (χ0) is 16.6. The van der Waals surface area contributed by atoms with E-state index in [2.05, 4.69) is 10.6 Å². The van der Waals surface area contributed by atoms with Crippen LogP contribution in [-0.2, 0) is 9.53 Å². The first-order valence-corrected chi connectivity index (χ1v) is 7.29. The summed E-state index contributed by atoms with van der Waals surface area (Å²) in [6, 6.07) is 7.00. The fraction of sp³-hybridized carbons (Fsp3) is 0.500. The summed E-state index contributed by atoms with van der Waals surface area (Å²) in [6.45, 7) is 8.00. The summed E-state index contributed by atoms with van der Waals surface area (Å²) >= 11 is 0. The molecule has 122 valence electrons. The van der Waals surface area contributed by atoms with E-state index in [-0.39, 0.29) is 5.91 Å². The molecule has 1 aromatic carbocycles.